The molecule has 0 spiro atoms. The second-order valence-electron chi connectivity index (χ2n) is 4.81. The number of benzene rings is 2. The molecule has 0 saturated heterocycles. The molecule has 1 aliphatic rings. The van der Waals surface area contributed by atoms with Gasteiger partial charge in [0.2, 0.25) is 0 Å². The van der Waals surface area contributed by atoms with E-state index in [4.69, 9.17) is 15.7 Å². The van der Waals surface area contributed by atoms with Gasteiger partial charge in [0.15, 0.2) is 0 Å². The first kappa shape index (κ1) is 12.4. The lowest BCUT2D eigenvalue weighted by Gasteiger charge is -2.18. The number of hydrogen-bond donors (Lipinski definition) is 2. The second-order valence-corrected chi connectivity index (χ2v) is 4.81. The van der Waals surface area contributed by atoms with Crippen LogP contribution in [0.5, 0.6) is 5.75 Å². The van der Waals surface area contributed by atoms with Crippen LogP contribution in [0.3, 0.4) is 0 Å². The summed E-state index contributed by atoms with van der Waals surface area (Å²) in [5.74, 6) is 0.967. The van der Waals surface area contributed by atoms with Crippen molar-refractivity contribution in [1.82, 2.24) is 0 Å². The maximum absolute atomic E-state index is 8.84. The van der Waals surface area contributed by atoms with Crippen LogP contribution in [0, 0.1) is 11.3 Å². The maximum atomic E-state index is 8.84. The summed E-state index contributed by atoms with van der Waals surface area (Å²) in [5, 5.41) is 12.1. The first-order valence-electron chi connectivity index (χ1n) is 6.58. The zero-order chi connectivity index (χ0) is 13.9. The van der Waals surface area contributed by atoms with E-state index in [1.54, 1.807) is 12.1 Å². The first-order chi connectivity index (χ1) is 9.76. The van der Waals surface area contributed by atoms with E-state index in [2.05, 4.69) is 17.5 Å². The molecule has 3 rings (SSSR count). The summed E-state index contributed by atoms with van der Waals surface area (Å²) in [5.41, 5.74) is 10.1. The van der Waals surface area contributed by atoms with Gasteiger partial charge in [-0.25, -0.2) is 0 Å². The minimum Gasteiger partial charge on any atom is -0.493 e. The van der Waals surface area contributed by atoms with Crippen LogP contribution in [0.1, 0.15) is 17.5 Å². The highest BCUT2D eigenvalue weighted by atomic mass is 16.5. The molecule has 20 heavy (non-hydrogen) atoms. The van der Waals surface area contributed by atoms with Gasteiger partial charge in [0, 0.05) is 5.69 Å². The molecule has 100 valence electrons. The van der Waals surface area contributed by atoms with E-state index in [0.717, 1.165) is 36.6 Å². The average Bonchev–Trinajstić information content (AvgIpc) is 2.49. The molecule has 2 aromatic carbocycles. The van der Waals surface area contributed by atoms with E-state index >= 15 is 0 Å². The van der Waals surface area contributed by atoms with Crippen LogP contribution in [0.15, 0.2) is 36.4 Å². The summed E-state index contributed by atoms with van der Waals surface area (Å²) >= 11 is 0. The molecule has 0 aromatic heterocycles. The van der Waals surface area contributed by atoms with E-state index in [1.165, 1.54) is 5.56 Å². The summed E-state index contributed by atoms with van der Waals surface area (Å²) in [6.07, 6.45) is 2.09. The highest BCUT2D eigenvalue weighted by Gasteiger charge is 2.11. The molecule has 0 fully saturated rings. The number of nitriles is 1. The number of aryl methyl sites for hydroxylation is 1. The molecule has 3 N–H and O–H groups in total. The van der Waals surface area contributed by atoms with Crippen LogP contribution in [0.25, 0.3) is 0 Å². The topological polar surface area (TPSA) is 71.1 Å². The number of nitrogens with two attached hydrogens (primary N) is 1. The summed E-state index contributed by atoms with van der Waals surface area (Å²) in [4.78, 5) is 0. The van der Waals surface area contributed by atoms with E-state index in [1.807, 2.05) is 18.2 Å². The van der Waals surface area contributed by atoms with Crippen molar-refractivity contribution in [3.05, 3.63) is 47.5 Å². The van der Waals surface area contributed by atoms with Crippen molar-refractivity contribution in [3.8, 4) is 11.8 Å². The second kappa shape index (κ2) is 5.14. The molecule has 0 atom stereocenters. The lowest BCUT2D eigenvalue weighted by molar-refractivity contribution is 0.288. The van der Waals surface area contributed by atoms with E-state index in [0.29, 0.717) is 11.3 Å². The van der Waals surface area contributed by atoms with E-state index in [-0.39, 0.29) is 0 Å². The number of nitrogens with zero attached hydrogens (tertiary/aromatic N) is 1. The lowest BCUT2D eigenvalue weighted by Crippen LogP contribution is -2.08. The Labute approximate surface area is 117 Å². The Balaban J connectivity index is 1.86. The van der Waals surface area contributed by atoms with Crippen molar-refractivity contribution >= 4 is 17.1 Å². The van der Waals surface area contributed by atoms with E-state index in [9.17, 15) is 0 Å². The molecule has 4 heteroatoms. The third-order valence-electron chi connectivity index (χ3n) is 3.37. The molecule has 2 aromatic rings. The number of ether oxygens (including phenoxy) is 1. The van der Waals surface area contributed by atoms with Gasteiger partial charge >= 0.3 is 0 Å². The van der Waals surface area contributed by atoms with Crippen molar-refractivity contribution in [1.29, 1.82) is 5.26 Å². The van der Waals surface area contributed by atoms with Gasteiger partial charge in [-0.2, -0.15) is 5.26 Å². The summed E-state index contributed by atoms with van der Waals surface area (Å²) in [7, 11) is 0. The zero-order valence-electron chi connectivity index (χ0n) is 11.0. The van der Waals surface area contributed by atoms with Gasteiger partial charge in [0.1, 0.15) is 5.75 Å². The number of fused-ring (bicyclic) bond motifs is 1. The Bertz CT molecular complexity index is 689. The van der Waals surface area contributed by atoms with Gasteiger partial charge in [0.25, 0.3) is 0 Å². The van der Waals surface area contributed by atoms with Crippen LogP contribution < -0.4 is 15.8 Å². The molecular formula is C16H15N3O. The Morgan fingerprint density at radius 1 is 1.20 bits per heavy atom. The predicted octanol–water partition coefficient (Wildman–Crippen LogP) is 3.21. The number of nitrogen functional groups attached to an aromatic ring is 1. The maximum Gasteiger partial charge on any atom is 0.122 e. The summed E-state index contributed by atoms with van der Waals surface area (Å²) < 4.78 is 5.59. The fourth-order valence-electron chi connectivity index (χ4n) is 2.34. The largest absolute Gasteiger partial charge is 0.493 e. The Hall–Kier alpha value is -2.67. The predicted molar refractivity (Wildman–Crippen MR) is 79.1 cm³/mol. The standard InChI is InChI=1S/C16H15N3O/c17-10-11-3-5-15(14(18)8-11)19-13-4-6-16-12(9-13)2-1-7-20-16/h3-6,8-9,19H,1-2,7,18H2. The van der Waals surface area contributed by atoms with Gasteiger partial charge in [-0.05, 0) is 54.8 Å². The van der Waals surface area contributed by atoms with Crippen molar-refractivity contribution in [2.75, 3.05) is 17.7 Å². The molecule has 1 heterocycles. The minimum absolute atomic E-state index is 0.562. The third-order valence-corrected chi connectivity index (χ3v) is 3.37. The van der Waals surface area contributed by atoms with Crippen LogP contribution in [-0.2, 0) is 6.42 Å². The quantitative estimate of drug-likeness (QED) is 0.818. The molecule has 0 radical (unpaired) electrons. The molecule has 1 aliphatic heterocycles. The normalized spacial score (nSPS) is 12.9. The molecule has 0 bridgehead atoms. The number of anilines is 3. The number of hydrogen-bond acceptors (Lipinski definition) is 4. The summed E-state index contributed by atoms with van der Waals surface area (Å²) in [6.45, 7) is 0.794. The van der Waals surface area contributed by atoms with Crippen LogP contribution >= 0.6 is 0 Å². The van der Waals surface area contributed by atoms with E-state index < -0.39 is 0 Å². The fourth-order valence-corrected chi connectivity index (χ4v) is 2.34. The lowest BCUT2D eigenvalue weighted by atomic mass is 10.1. The average molecular weight is 265 g/mol. The van der Waals surface area contributed by atoms with Crippen LogP contribution in [-0.4, -0.2) is 6.61 Å². The van der Waals surface area contributed by atoms with Gasteiger partial charge in [-0.3, -0.25) is 0 Å². The smallest absolute Gasteiger partial charge is 0.122 e. The van der Waals surface area contributed by atoms with Crippen molar-refractivity contribution in [2.24, 2.45) is 0 Å². The SMILES string of the molecule is N#Cc1ccc(Nc2ccc3c(c2)CCCO3)c(N)c1. The Kier molecular flexibility index (Phi) is 3.18. The summed E-state index contributed by atoms with van der Waals surface area (Å²) in [6, 6.07) is 13.4. The van der Waals surface area contributed by atoms with Gasteiger partial charge in [-0.15, -0.1) is 0 Å². The number of rotatable bonds is 2. The number of nitrogens with one attached hydrogen (secondary N) is 1. The zero-order valence-corrected chi connectivity index (χ0v) is 11.0. The molecule has 0 amide bonds. The van der Waals surface area contributed by atoms with Crippen molar-refractivity contribution < 1.29 is 4.74 Å². The Morgan fingerprint density at radius 2 is 2.10 bits per heavy atom. The fraction of sp³-hybridized carbons (Fsp3) is 0.188. The molecule has 4 nitrogen and oxygen atoms in total. The van der Waals surface area contributed by atoms with Crippen LogP contribution in [0.4, 0.5) is 17.1 Å². The monoisotopic (exact) mass is 265 g/mol. The third kappa shape index (κ3) is 2.39. The van der Waals surface area contributed by atoms with Gasteiger partial charge in [0.05, 0.1) is 29.6 Å². The highest BCUT2D eigenvalue weighted by molar-refractivity contribution is 5.74. The highest BCUT2D eigenvalue weighted by Crippen LogP contribution is 2.30. The van der Waals surface area contributed by atoms with Crippen LogP contribution in [0.2, 0.25) is 0 Å². The molecule has 0 unspecified atom stereocenters. The first-order valence-corrected chi connectivity index (χ1v) is 6.58. The van der Waals surface area contributed by atoms with Crippen molar-refractivity contribution in [3.63, 3.8) is 0 Å². The molecule has 0 saturated carbocycles. The molecule has 0 aliphatic carbocycles. The van der Waals surface area contributed by atoms with Crippen molar-refractivity contribution in [2.45, 2.75) is 12.8 Å². The molecular weight excluding hydrogens is 250 g/mol. The minimum atomic E-state index is 0.562. The van der Waals surface area contributed by atoms with Gasteiger partial charge < -0.3 is 15.8 Å². The Morgan fingerprint density at radius 3 is 2.90 bits per heavy atom. The van der Waals surface area contributed by atoms with Gasteiger partial charge in [-0.1, -0.05) is 0 Å².